The monoisotopic (exact) mass is 560 g/mol. The maximum Gasteiger partial charge on any atom is 0.307 e. The second-order valence-corrected chi connectivity index (χ2v) is 8.88. The SMILES string of the molecule is O=C1C2=Cc3cc(Br)ccc3O[C@]2(C(F)F)O[C@]2(C(F)F)Oc3ccc(Br)cc3C=C12. The molecule has 1 fully saturated rings. The molecule has 0 spiro atoms. The van der Waals surface area contributed by atoms with Crippen LogP contribution in [0.5, 0.6) is 11.5 Å². The maximum atomic E-state index is 14.4. The van der Waals surface area contributed by atoms with Gasteiger partial charge in [-0.1, -0.05) is 31.9 Å². The second kappa shape index (κ2) is 6.91. The Morgan fingerprint density at radius 1 is 0.742 bits per heavy atom. The van der Waals surface area contributed by atoms with E-state index in [1.807, 2.05) is 0 Å². The smallest absolute Gasteiger partial charge is 0.307 e. The number of Topliss-reactive ketones (excluding diaryl/α,β-unsaturated/α-hetero) is 1. The number of alkyl halides is 4. The molecule has 2 aromatic carbocycles. The first kappa shape index (κ1) is 20.7. The van der Waals surface area contributed by atoms with Crippen molar-refractivity contribution in [3.05, 3.63) is 67.6 Å². The highest BCUT2D eigenvalue weighted by Crippen LogP contribution is 2.53. The average molecular weight is 562 g/mol. The van der Waals surface area contributed by atoms with Crippen LogP contribution in [0.25, 0.3) is 12.2 Å². The van der Waals surface area contributed by atoms with Crippen LogP contribution < -0.4 is 9.47 Å². The summed E-state index contributed by atoms with van der Waals surface area (Å²) in [6.07, 6.45) is -4.59. The Bertz CT molecular complexity index is 1110. The molecule has 0 amide bonds. The molecule has 0 aromatic heterocycles. The number of rotatable bonds is 2. The highest BCUT2D eigenvalue weighted by molar-refractivity contribution is 9.10. The van der Waals surface area contributed by atoms with Crippen LogP contribution >= 0.6 is 31.9 Å². The lowest BCUT2D eigenvalue weighted by Crippen LogP contribution is -2.67. The molecule has 0 saturated carbocycles. The molecule has 0 aliphatic carbocycles. The van der Waals surface area contributed by atoms with Crippen LogP contribution in [0.3, 0.4) is 0 Å². The first-order chi connectivity index (χ1) is 14.7. The molecule has 4 nitrogen and oxygen atoms in total. The summed E-state index contributed by atoms with van der Waals surface area (Å²) in [5, 5.41) is 0. The van der Waals surface area contributed by atoms with E-state index in [1.165, 1.54) is 36.4 Å². The third kappa shape index (κ3) is 2.91. The minimum atomic E-state index is -3.47. The number of hydrogen-bond acceptors (Lipinski definition) is 4. The van der Waals surface area contributed by atoms with E-state index in [4.69, 9.17) is 14.2 Å². The lowest BCUT2D eigenvalue weighted by molar-refractivity contribution is -0.348. The Hall–Kier alpha value is -2.17. The minimum absolute atomic E-state index is 0.0444. The lowest BCUT2D eigenvalue weighted by atomic mass is 9.82. The Morgan fingerprint density at radius 2 is 1.16 bits per heavy atom. The summed E-state index contributed by atoms with van der Waals surface area (Å²) >= 11 is 6.52. The third-order valence-corrected chi connectivity index (χ3v) is 6.17. The van der Waals surface area contributed by atoms with Crippen molar-refractivity contribution in [3.63, 3.8) is 0 Å². The van der Waals surface area contributed by atoms with E-state index in [-0.39, 0.29) is 11.5 Å². The van der Waals surface area contributed by atoms with Gasteiger partial charge in [0.25, 0.3) is 0 Å². The van der Waals surface area contributed by atoms with Gasteiger partial charge in [0.15, 0.2) is 5.78 Å². The van der Waals surface area contributed by atoms with Crippen molar-refractivity contribution in [2.24, 2.45) is 0 Å². The number of halogens is 6. The topological polar surface area (TPSA) is 44.8 Å². The van der Waals surface area contributed by atoms with E-state index in [2.05, 4.69) is 31.9 Å². The highest BCUT2D eigenvalue weighted by Gasteiger charge is 2.68. The number of ketones is 1. The molecule has 0 bridgehead atoms. The molecule has 0 unspecified atom stereocenters. The Labute approximate surface area is 189 Å². The van der Waals surface area contributed by atoms with Gasteiger partial charge in [0.1, 0.15) is 11.5 Å². The van der Waals surface area contributed by atoms with Crippen LogP contribution in [-0.2, 0) is 9.53 Å². The summed E-state index contributed by atoms with van der Waals surface area (Å²) < 4.78 is 74.8. The van der Waals surface area contributed by atoms with Gasteiger partial charge in [-0.25, -0.2) is 17.6 Å². The number of carbonyl (C=O) groups excluding carboxylic acids is 1. The van der Waals surface area contributed by atoms with Gasteiger partial charge in [-0.2, -0.15) is 0 Å². The molecular weight excluding hydrogens is 552 g/mol. The van der Waals surface area contributed by atoms with Crippen LogP contribution in [0.1, 0.15) is 11.1 Å². The fraction of sp³-hybridized carbons (Fsp3) is 0.190. The average Bonchev–Trinajstić information content (AvgIpc) is 2.71. The maximum absolute atomic E-state index is 14.4. The van der Waals surface area contributed by atoms with Gasteiger partial charge < -0.3 is 9.47 Å². The van der Waals surface area contributed by atoms with E-state index in [1.54, 1.807) is 12.1 Å². The van der Waals surface area contributed by atoms with Crippen LogP contribution in [0, 0.1) is 0 Å². The number of fused-ring (bicyclic) bond motifs is 4. The number of benzene rings is 2. The molecule has 2 aromatic rings. The first-order valence-corrected chi connectivity index (χ1v) is 10.5. The van der Waals surface area contributed by atoms with Gasteiger partial charge >= 0.3 is 24.4 Å². The molecule has 3 aliphatic rings. The Kier molecular flexibility index (Phi) is 4.62. The van der Waals surface area contributed by atoms with Gasteiger partial charge in [0, 0.05) is 20.1 Å². The van der Waals surface area contributed by atoms with E-state index >= 15 is 0 Å². The van der Waals surface area contributed by atoms with Crippen LogP contribution in [-0.4, -0.2) is 30.2 Å². The Morgan fingerprint density at radius 3 is 1.55 bits per heavy atom. The van der Waals surface area contributed by atoms with Gasteiger partial charge in [0.2, 0.25) is 0 Å². The fourth-order valence-corrected chi connectivity index (χ4v) is 4.54. The van der Waals surface area contributed by atoms with Crippen LogP contribution in [0.15, 0.2) is 56.5 Å². The quantitative estimate of drug-likeness (QED) is 0.423. The number of ether oxygens (including phenoxy) is 3. The zero-order chi connectivity index (χ0) is 22.1. The summed E-state index contributed by atoms with van der Waals surface area (Å²) in [5.41, 5.74) is -0.527. The number of hydrogen-bond donors (Lipinski definition) is 0. The lowest BCUT2D eigenvalue weighted by Gasteiger charge is -2.49. The van der Waals surface area contributed by atoms with E-state index < -0.39 is 41.4 Å². The summed E-state index contributed by atoms with van der Waals surface area (Å²) in [4.78, 5) is 13.3. The van der Waals surface area contributed by atoms with Crippen molar-refractivity contribution in [2.45, 2.75) is 24.4 Å². The third-order valence-electron chi connectivity index (χ3n) is 5.18. The highest BCUT2D eigenvalue weighted by atomic mass is 79.9. The molecule has 0 radical (unpaired) electrons. The van der Waals surface area contributed by atoms with Crippen molar-refractivity contribution in [2.75, 3.05) is 0 Å². The van der Waals surface area contributed by atoms with E-state index in [9.17, 15) is 22.4 Å². The predicted octanol–water partition coefficient (Wildman–Crippen LogP) is 5.99. The first-order valence-electron chi connectivity index (χ1n) is 8.89. The molecule has 5 rings (SSSR count). The molecule has 1 saturated heterocycles. The van der Waals surface area contributed by atoms with Crippen molar-refractivity contribution < 1.29 is 36.6 Å². The van der Waals surface area contributed by atoms with Crippen molar-refractivity contribution in [1.82, 2.24) is 0 Å². The van der Waals surface area contributed by atoms with Crippen molar-refractivity contribution in [1.29, 1.82) is 0 Å². The molecule has 3 aliphatic heterocycles. The second-order valence-electron chi connectivity index (χ2n) is 7.05. The van der Waals surface area contributed by atoms with Gasteiger partial charge in [-0.3, -0.25) is 9.53 Å². The van der Waals surface area contributed by atoms with Crippen LogP contribution in [0.4, 0.5) is 17.6 Å². The Balaban J connectivity index is 1.76. The van der Waals surface area contributed by atoms with Crippen molar-refractivity contribution in [3.8, 4) is 11.5 Å². The molecule has 160 valence electrons. The van der Waals surface area contributed by atoms with Gasteiger partial charge in [-0.15, -0.1) is 0 Å². The van der Waals surface area contributed by atoms with Gasteiger partial charge in [0.05, 0.1) is 11.1 Å². The standard InChI is InChI=1S/C21H10Br2F4O4/c22-11-1-3-15-9(5-11)7-13-17(28)14-8-10-6-12(23)2-4-16(10)30-21(14,19(26)27)31-20(13,29-15)18(24)25/h1-8,18-19H/t20-,21+. The predicted molar refractivity (Wildman–Crippen MR) is 109 cm³/mol. The van der Waals surface area contributed by atoms with Crippen molar-refractivity contribution >= 4 is 49.8 Å². The zero-order valence-corrected chi connectivity index (χ0v) is 18.3. The molecule has 2 atom stereocenters. The zero-order valence-electron chi connectivity index (χ0n) is 15.2. The molecule has 0 N–H and O–H groups in total. The summed E-state index contributed by atoms with van der Waals surface area (Å²) in [5.74, 6) is -7.27. The number of carbonyl (C=O) groups is 1. The molecule has 3 heterocycles. The van der Waals surface area contributed by atoms with Gasteiger partial charge in [-0.05, 0) is 48.6 Å². The largest absolute Gasteiger partial charge is 0.451 e. The van der Waals surface area contributed by atoms with E-state index in [0.29, 0.717) is 20.1 Å². The summed E-state index contributed by atoms with van der Waals surface area (Å²) in [7, 11) is 0. The normalized spacial score (nSPS) is 26.1. The van der Waals surface area contributed by atoms with Crippen LogP contribution in [0.2, 0.25) is 0 Å². The van der Waals surface area contributed by atoms with E-state index in [0.717, 1.165) is 0 Å². The molecular formula is C21H10Br2F4O4. The summed E-state index contributed by atoms with van der Waals surface area (Å²) in [6, 6.07) is 8.91. The molecule has 31 heavy (non-hydrogen) atoms. The molecule has 10 heteroatoms. The fourth-order valence-electron chi connectivity index (χ4n) is 3.78. The minimum Gasteiger partial charge on any atom is -0.451 e. The summed E-state index contributed by atoms with van der Waals surface area (Å²) in [6.45, 7) is 0.